The van der Waals surface area contributed by atoms with E-state index in [0.29, 0.717) is 21.7 Å². The molecule has 2 heterocycles. The van der Waals surface area contributed by atoms with Crippen LogP contribution < -0.4 is 4.74 Å². The van der Waals surface area contributed by atoms with Crippen molar-refractivity contribution >= 4 is 56.4 Å². The third-order valence-corrected chi connectivity index (χ3v) is 4.08. The molecule has 96 valence electrons. The molecular weight excluding hydrogens is 327 g/mol. The van der Waals surface area contributed by atoms with Gasteiger partial charge in [0.2, 0.25) is 11.2 Å². The maximum atomic E-state index is 5.94. The fourth-order valence-electron chi connectivity index (χ4n) is 1.53. The summed E-state index contributed by atoms with van der Waals surface area (Å²) in [7, 11) is 0. The van der Waals surface area contributed by atoms with Crippen LogP contribution in [0.1, 0.15) is 0 Å². The Bertz CT molecular complexity index is 760. The molecule has 0 N–H and O–H groups in total. The van der Waals surface area contributed by atoms with Gasteiger partial charge in [-0.15, -0.1) is 11.3 Å². The highest BCUT2D eigenvalue weighted by atomic mass is 35.5. The van der Waals surface area contributed by atoms with Crippen molar-refractivity contribution in [1.82, 2.24) is 9.97 Å². The minimum absolute atomic E-state index is 0.144. The lowest BCUT2D eigenvalue weighted by molar-refractivity contribution is 0.468. The Morgan fingerprint density at radius 2 is 1.84 bits per heavy atom. The first-order valence-corrected chi connectivity index (χ1v) is 7.18. The minimum atomic E-state index is 0.144. The molecule has 0 atom stereocenters. The average Bonchev–Trinajstić information content (AvgIpc) is 2.82. The maximum absolute atomic E-state index is 5.94. The molecule has 3 rings (SSSR count). The molecule has 0 radical (unpaired) electrons. The van der Waals surface area contributed by atoms with E-state index in [0.717, 1.165) is 10.2 Å². The summed E-state index contributed by atoms with van der Waals surface area (Å²) < 4.78 is 5.69. The monoisotopic (exact) mass is 330 g/mol. The summed E-state index contributed by atoms with van der Waals surface area (Å²) in [6.07, 6.45) is 0. The third kappa shape index (κ3) is 2.62. The van der Waals surface area contributed by atoms with E-state index >= 15 is 0 Å². The molecule has 0 bridgehead atoms. The number of ether oxygens (including phenoxy) is 1. The topological polar surface area (TPSA) is 35.0 Å². The second-order valence-electron chi connectivity index (χ2n) is 3.62. The number of rotatable bonds is 2. The lowest BCUT2D eigenvalue weighted by Gasteiger charge is -2.07. The van der Waals surface area contributed by atoms with E-state index in [-0.39, 0.29) is 5.28 Å². The van der Waals surface area contributed by atoms with Crippen molar-refractivity contribution in [1.29, 1.82) is 0 Å². The Morgan fingerprint density at radius 1 is 1.00 bits per heavy atom. The van der Waals surface area contributed by atoms with Crippen LogP contribution in [0.4, 0.5) is 0 Å². The number of nitrogens with zero attached hydrogens (tertiary/aromatic N) is 2. The van der Waals surface area contributed by atoms with Crippen molar-refractivity contribution in [2.45, 2.75) is 0 Å². The van der Waals surface area contributed by atoms with Gasteiger partial charge in [0.1, 0.15) is 10.6 Å². The van der Waals surface area contributed by atoms with Crippen molar-refractivity contribution in [2.24, 2.45) is 0 Å². The summed E-state index contributed by atoms with van der Waals surface area (Å²) in [6.45, 7) is 0. The van der Waals surface area contributed by atoms with Gasteiger partial charge < -0.3 is 4.74 Å². The quantitative estimate of drug-likeness (QED) is 0.586. The van der Waals surface area contributed by atoms with Gasteiger partial charge >= 0.3 is 0 Å². The van der Waals surface area contributed by atoms with Gasteiger partial charge in [-0.25, -0.2) is 4.98 Å². The minimum Gasteiger partial charge on any atom is -0.438 e. The lowest BCUT2D eigenvalue weighted by Crippen LogP contribution is -1.91. The Balaban J connectivity index is 2.04. The molecule has 7 heteroatoms. The molecule has 0 fully saturated rings. The lowest BCUT2D eigenvalue weighted by atomic mass is 10.3. The van der Waals surface area contributed by atoms with Gasteiger partial charge in [0.15, 0.2) is 0 Å². The van der Waals surface area contributed by atoms with Crippen LogP contribution in [0, 0.1) is 0 Å². The summed E-state index contributed by atoms with van der Waals surface area (Å²) >= 11 is 19.1. The summed E-state index contributed by atoms with van der Waals surface area (Å²) in [4.78, 5) is 8.97. The molecule has 0 unspecified atom stereocenters. The van der Waals surface area contributed by atoms with Crippen LogP contribution in [-0.2, 0) is 0 Å². The van der Waals surface area contributed by atoms with E-state index in [1.165, 1.54) is 11.3 Å². The molecule has 3 nitrogen and oxygen atoms in total. The Kier molecular flexibility index (Phi) is 3.50. The molecular formula is C12H5Cl3N2OS. The van der Waals surface area contributed by atoms with Gasteiger partial charge in [-0.2, -0.15) is 4.98 Å². The smallest absolute Gasteiger partial charge is 0.232 e. The van der Waals surface area contributed by atoms with Crippen molar-refractivity contribution in [3.8, 4) is 11.6 Å². The largest absolute Gasteiger partial charge is 0.438 e. The van der Waals surface area contributed by atoms with E-state index in [1.807, 2.05) is 11.4 Å². The standard InChI is InChI=1S/C12H5Cl3N2OS/c13-8-2-1-6(5-9(8)14)18-10-7-3-4-19-11(7)17-12(15)16-10/h1-5H. The Morgan fingerprint density at radius 3 is 2.63 bits per heavy atom. The highest BCUT2D eigenvalue weighted by Crippen LogP contribution is 2.33. The highest BCUT2D eigenvalue weighted by Gasteiger charge is 2.10. The van der Waals surface area contributed by atoms with Gasteiger partial charge in [-0.3, -0.25) is 0 Å². The predicted octanol–water partition coefficient (Wildman–Crippen LogP) is 5.44. The first kappa shape index (κ1) is 12.9. The fraction of sp³-hybridized carbons (Fsp3) is 0. The van der Waals surface area contributed by atoms with E-state index in [1.54, 1.807) is 18.2 Å². The average molecular weight is 332 g/mol. The van der Waals surface area contributed by atoms with Crippen molar-refractivity contribution in [3.05, 3.63) is 45.0 Å². The van der Waals surface area contributed by atoms with Crippen LogP contribution in [0.2, 0.25) is 15.3 Å². The number of halogens is 3. The van der Waals surface area contributed by atoms with Gasteiger partial charge in [0.25, 0.3) is 0 Å². The van der Waals surface area contributed by atoms with E-state index in [9.17, 15) is 0 Å². The van der Waals surface area contributed by atoms with Crippen molar-refractivity contribution in [2.75, 3.05) is 0 Å². The number of aromatic nitrogens is 2. The van der Waals surface area contributed by atoms with E-state index in [4.69, 9.17) is 39.5 Å². The predicted molar refractivity (Wildman–Crippen MR) is 79.0 cm³/mol. The zero-order chi connectivity index (χ0) is 13.4. The zero-order valence-corrected chi connectivity index (χ0v) is 12.3. The van der Waals surface area contributed by atoms with Gasteiger partial charge in [-0.1, -0.05) is 23.2 Å². The molecule has 0 saturated carbocycles. The first-order valence-electron chi connectivity index (χ1n) is 5.17. The molecule has 0 saturated heterocycles. The third-order valence-electron chi connectivity index (χ3n) is 2.37. The van der Waals surface area contributed by atoms with Gasteiger partial charge in [0, 0.05) is 6.07 Å². The fourth-order valence-corrected chi connectivity index (χ4v) is 2.79. The molecule has 0 spiro atoms. The normalized spacial score (nSPS) is 10.9. The van der Waals surface area contributed by atoms with Crippen LogP contribution in [0.15, 0.2) is 29.6 Å². The van der Waals surface area contributed by atoms with Crippen LogP contribution in [0.3, 0.4) is 0 Å². The number of benzene rings is 1. The molecule has 0 aliphatic heterocycles. The Hall–Kier alpha value is -1.07. The molecule has 19 heavy (non-hydrogen) atoms. The molecule has 1 aromatic carbocycles. The molecule has 0 amide bonds. The van der Waals surface area contributed by atoms with Gasteiger partial charge in [-0.05, 0) is 35.2 Å². The second kappa shape index (κ2) is 5.13. The van der Waals surface area contributed by atoms with Gasteiger partial charge in [0.05, 0.1) is 15.4 Å². The number of thiophene rings is 1. The molecule has 0 aliphatic carbocycles. The molecule has 3 aromatic rings. The summed E-state index contributed by atoms with van der Waals surface area (Å²) in [5.74, 6) is 0.936. The number of hydrogen-bond acceptors (Lipinski definition) is 4. The summed E-state index contributed by atoms with van der Waals surface area (Å²) in [5, 5.41) is 3.74. The zero-order valence-electron chi connectivity index (χ0n) is 9.23. The maximum Gasteiger partial charge on any atom is 0.232 e. The van der Waals surface area contributed by atoms with Crippen LogP contribution in [0.25, 0.3) is 10.2 Å². The van der Waals surface area contributed by atoms with Crippen molar-refractivity contribution in [3.63, 3.8) is 0 Å². The van der Waals surface area contributed by atoms with Crippen LogP contribution in [0.5, 0.6) is 11.6 Å². The second-order valence-corrected chi connectivity index (χ2v) is 5.66. The first-order chi connectivity index (χ1) is 9.13. The molecule has 2 aromatic heterocycles. The number of hydrogen-bond donors (Lipinski definition) is 0. The van der Waals surface area contributed by atoms with Crippen LogP contribution in [-0.4, -0.2) is 9.97 Å². The van der Waals surface area contributed by atoms with E-state index < -0.39 is 0 Å². The Labute approximate surface area is 127 Å². The highest BCUT2D eigenvalue weighted by molar-refractivity contribution is 7.16. The van der Waals surface area contributed by atoms with E-state index in [2.05, 4.69) is 9.97 Å². The summed E-state index contributed by atoms with van der Waals surface area (Å²) in [5.41, 5.74) is 0. The van der Waals surface area contributed by atoms with Crippen LogP contribution >= 0.6 is 46.1 Å². The SMILES string of the molecule is Clc1nc(Oc2ccc(Cl)c(Cl)c2)c2ccsc2n1. The molecule has 0 aliphatic rings. The van der Waals surface area contributed by atoms with Crippen molar-refractivity contribution < 1.29 is 4.74 Å². The summed E-state index contributed by atoms with van der Waals surface area (Å²) in [6, 6.07) is 6.87. The number of fused-ring (bicyclic) bond motifs is 1.